The fourth-order valence-corrected chi connectivity index (χ4v) is 1.63. The van der Waals surface area contributed by atoms with E-state index in [4.69, 9.17) is 9.26 Å². The minimum absolute atomic E-state index is 0.346. The molecule has 0 bridgehead atoms. The molecular formula is C14H18N2O2. The Morgan fingerprint density at radius 2 is 1.94 bits per heavy atom. The van der Waals surface area contributed by atoms with E-state index in [1.165, 1.54) is 5.56 Å². The maximum atomic E-state index is 5.60. The smallest absolute Gasteiger partial charge is 0.226 e. The first kappa shape index (κ1) is 12.6. The second kappa shape index (κ2) is 6.19. The van der Waals surface area contributed by atoms with Gasteiger partial charge in [0.05, 0.1) is 0 Å². The van der Waals surface area contributed by atoms with Crippen LogP contribution in [0.4, 0.5) is 0 Å². The highest BCUT2D eigenvalue weighted by Gasteiger charge is 2.05. The van der Waals surface area contributed by atoms with Gasteiger partial charge < -0.3 is 9.26 Å². The van der Waals surface area contributed by atoms with E-state index in [1.54, 1.807) is 0 Å². The number of ether oxygens (including phenoxy) is 1. The zero-order valence-electron chi connectivity index (χ0n) is 10.8. The van der Waals surface area contributed by atoms with Gasteiger partial charge in [0.15, 0.2) is 6.61 Å². The Bertz CT molecular complexity index is 477. The zero-order valence-corrected chi connectivity index (χ0v) is 10.8. The second-order valence-electron chi connectivity index (χ2n) is 4.14. The van der Waals surface area contributed by atoms with Gasteiger partial charge in [-0.1, -0.05) is 31.1 Å². The summed E-state index contributed by atoms with van der Waals surface area (Å²) >= 11 is 0. The van der Waals surface area contributed by atoms with Crippen LogP contribution in [0.5, 0.6) is 5.75 Å². The van der Waals surface area contributed by atoms with Crippen LogP contribution in [0.15, 0.2) is 28.8 Å². The molecule has 0 aliphatic rings. The molecule has 96 valence electrons. The van der Waals surface area contributed by atoms with Crippen LogP contribution in [0.1, 0.15) is 37.5 Å². The van der Waals surface area contributed by atoms with Gasteiger partial charge in [-0.3, -0.25) is 0 Å². The lowest BCUT2D eigenvalue weighted by molar-refractivity contribution is 0.285. The predicted octanol–water partition coefficient (Wildman–Crippen LogP) is 3.16. The summed E-state index contributed by atoms with van der Waals surface area (Å²) in [6.45, 7) is 4.55. The van der Waals surface area contributed by atoms with Gasteiger partial charge in [0, 0.05) is 6.42 Å². The molecule has 2 aromatic rings. The Morgan fingerprint density at radius 3 is 2.61 bits per heavy atom. The number of benzene rings is 1. The molecule has 0 atom stereocenters. The lowest BCUT2D eigenvalue weighted by Gasteiger charge is -2.03. The highest BCUT2D eigenvalue weighted by atomic mass is 16.5. The lowest BCUT2D eigenvalue weighted by atomic mass is 10.2. The molecule has 2 rings (SSSR count). The highest BCUT2D eigenvalue weighted by molar-refractivity contribution is 5.27. The molecule has 0 fully saturated rings. The molecule has 1 aromatic heterocycles. The van der Waals surface area contributed by atoms with Gasteiger partial charge in [-0.15, -0.1) is 0 Å². The normalized spacial score (nSPS) is 10.6. The largest absolute Gasteiger partial charge is 0.485 e. The molecule has 0 unspecified atom stereocenters. The summed E-state index contributed by atoms with van der Waals surface area (Å²) in [5, 5.41) is 3.87. The third-order valence-electron chi connectivity index (χ3n) is 2.67. The van der Waals surface area contributed by atoms with Crippen LogP contribution >= 0.6 is 0 Å². The quantitative estimate of drug-likeness (QED) is 0.785. The van der Waals surface area contributed by atoms with Crippen molar-refractivity contribution in [3.05, 3.63) is 41.5 Å². The van der Waals surface area contributed by atoms with Crippen LogP contribution in [0.2, 0.25) is 0 Å². The first-order valence-electron chi connectivity index (χ1n) is 6.35. The summed E-state index contributed by atoms with van der Waals surface area (Å²) in [5.74, 6) is 2.10. The van der Waals surface area contributed by atoms with Crippen molar-refractivity contribution in [2.24, 2.45) is 0 Å². The number of aromatic nitrogens is 2. The zero-order chi connectivity index (χ0) is 12.8. The Morgan fingerprint density at radius 1 is 1.17 bits per heavy atom. The van der Waals surface area contributed by atoms with Crippen molar-refractivity contribution < 1.29 is 9.26 Å². The van der Waals surface area contributed by atoms with Crippen LogP contribution < -0.4 is 4.74 Å². The number of hydrogen-bond acceptors (Lipinski definition) is 4. The van der Waals surface area contributed by atoms with Crippen molar-refractivity contribution in [2.75, 3.05) is 0 Å². The first-order valence-corrected chi connectivity index (χ1v) is 6.35. The molecule has 0 radical (unpaired) electrons. The van der Waals surface area contributed by atoms with Crippen LogP contribution in [-0.2, 0) is 19.4 Å². The summed E-state index contributed by atoms with van der Waals surface area (Å²) in [5.41, 5.74) is 1.30. The van der Waals surface area contributed by atoms with E-state index in [1.807, 2.05) is 12.1 Å². The van der Waals surface area contributed by atoms with E-state index in [2.05, 4.69) is 36.1 Å². The first-order chi connectivity index (χ1) is 8.81. The second-order valence-corrected chi connectivity index (χ2v) is 4.14. The van der Waals surface area contributed by atoms with E-state index in [0.717, 1.165) is 25.0 Å². The van der Waals surface area contributed by atoms with E-state index in [0.29, 0.717) is 18.3 Å². The molecule has 1 heterocycles. The summed E-state index contributed by atoms with van der Waals surface area (Å²) in [4.78, 5) is 4.25. The van der Waals surface area contributed by atoms with Crippen molar-refractivity contribution in [1.82, 2.24) is 10.1 Å². The summed E-state index contributed by atoms with van der Waals surface area (Å²) < 4.78 is 10.7. The lowest BCUT2D eigenvalue weighted by Crippen LogP contribution is -1.98. The highest BCUT2D eigenvalue weighted by Crippen LogP contribution is 2.14. The maximum Gasteiger partial charge on any atom is 0.226 e. The molecular weight excluding hydrogens is 228 g/mol. The molecule has 0 saturated heterocycles. The Balaban J connectivity index is 1.89. The van der Waals surface area contributed by atoms with Gasteiger partial charge in [-0.05, 0) is 30.5 Å². The number of nitrogens with zero attached hydrogens (tertiary/aromatic N) is 2. The molecule has 4 heteroatoms. The van der Waals surface area contributed by atoms with E-state index < -0.39 is 0 Å². The van der Waals surface area contributed by atoms with Gasteiger partial charge in [0.2, 0.25) is 11.7 Å². The van der Waals surface area contributed by atoms with Gasteiger partial charge in [0.1, 0.15) is 5.75 Å². The molecule has 0 saturated carbocycles. The van der Waals surface area contributed by atoms with Crippen LogP contribution in [-0.4, -0.2) is 10.1 Å². The summed E-state index contributed by atoms with van der Waals surface area (Å²) in [7, 11) is 0. The molecule has 1 aromatic carbocycles. The average Bonchev–Trinajstić information content (AvgIpc) is 2.85. The van der Waals surface area contributed by atoms with E-state index in [-0.39, 0.29) is 0 Å². The minimum atomic E-state index is 0.346. The van der Waals surface area contributed by atoms with Crippen molar-refractivity contribution in [1.29, 1.82) is 0 Å². The monoisotopic (exact) mass is 246 g/mol. The summed E-state index contributed by atoms with van der Waals surface area (Å²) in [6, 6.07) is 8.06. The number of rotatable bonds is 6. The van der Waals surface area contributed by atoms with Crippen LogP contribution in [0.25, 0.3) is 0 Å². The van der Waals surface area contributed by atoms with E-state index >= 15 is 0 Å². The molecule has 0 aliphatic carbocycles. The van der Waals surface area contributed by atoms with Crippen molar-refractivity contribution in [3.8, 4) is 5.75 Å². The van der Waals surface area contributed by atoms with Gasteiger partial charge in [0.25, 0.3) is 0 Å². The Hall–Kier alpha value is -1.84. The average molecular weight is 246 g/mol. The topological polar surface area (TPSA) is 48.2 Å². The third-order valence-corrected chi connectivity index (χ3v) is 2.67. The van der Waals surface area contributed by atoms with Crippen LogP contribution in [0, 0.1) is 0 Å². The third kappa shape index (κ3) is 3.32. The molecule has 18 heavy (non-hydrogen) atoms. The SMILES string of the molecule is CCCc1nc(COc2ccc(CC)cc2)no1. The molecule has 4 nitrogen and oxygen atoms in total. The van der Waals surface area contributed by atoms with Gasteiger partial charge >= 0.3 is 0 Å². The standard InChI is InChI=1S/C14H18N2O2/c1-3-5-14-15-13(16-18-14)10-17-12-8-6-11(4-2)7-9-12/h6-9H,3-5,10H2,1-2H3. The summed E-state index contributed by atoms with van der Waals surface area (Å²) in [6.07, 6.45) is 2.85. The minimum Gasteiger partial charge on any atom is -0.485 e. The molecule has 0 spiro atoms. The molecule has 0 aliphatic heterocycles. The molecule has 0 N–H and O–H groups in total. The van der Waals surface area contributed by atoms with Crippen molar-refractivity contribution in [3.63, 3.8) is 0 Å². The fourth-order valence-electron chi connectivity index (χ4n) is 1.63. The number of aryl methyl sites for hydroxylation is 2. The Kier molecular flexibility index (Phi) is 4.34. The Labute approximate surface area is 107 Å². The maximum absolute atomic E-state index is 5.60. The predicted molar refractivity (Wildman–Crippen MR) is 68.4 cm³/mol. The fraction of sp³-hybridized carbons (Fsp3) is 0.429. The van der Waals surface area contributed by atoms with Gasteiger partial charge in [-0.25, -0.2) is 0 Å². The molecule has 0 amide bonds. The van der Waals surface area contributed by atoms with Crippen molar-refractivity contribution >= 4 is 0 Å². The van der Waals surface area contributed by atoms with Crippen LogP contribution in [0.3, 0.4) is 0 Å². The van der Waals surface area contributed by atoms with Gasteiger partial charge in [-0.2, -0.15) is 4.98 Å². The van der Waals surface area contributed by atoms with E-state index in [9.17, 15) is 0 Å². The number of hydrogen-bond donors (Lipinski definition) is 0. The van der Waals surface area contributed by atoms with Crippen molar-refractivity contribution in [2.45, 2.75) is 39.7 Å².